The molecule has 0 spiro atoms. The van der Waals surface area contributed by atoms with Crippen LogP contribution in [0.4, 0.5) is 13.2 Å². The summed E-state index contributed by atoms with van der Waals surface area (Å²) in [7, 11) is 0. The monoisotopic (exact) mass is 466 g/mol. The molecule has 1 aliphatic heterocycles. The van der Waals surface area contributed by atoms with E-state index in [-0.39, 0.29) is 5.91 Å². The van der Waals surface area contributed by atoms with Gasteiger partial charge in [0, 0.05) is 18.2 Å². The summed E-state index contributed by atoms with van der Waals surface area (Å²) in [6.07, 6.45) is -1.05. The van der Waals surface area contributed by atoms with Crippen LogP contribution in [0, 0.1) is 0 Å². The highest BCUT2D eigenvalue weighted by Crippen LogP contribution is 2.31. The molecule has 1 unspecified atom stereocenters. The summed E-state index contributed by atoms with van der Waals surface area (Å²) in [5.74, 6) is -0.168. The van der Waals surface area contributed by atoms with Crippen LogP contribution >= 0.6 is 0 Å². The van der Waals surface area contributed by atoms with E-state index in [0.29, 0.717) is 23.7 Å². The van der Waals surface area contributed by atoms with Crippen LogP contribution in [0.1, 0.15) is 52.9 Å². The van der Waals surface area contributed by atoms with Gasteiger partial charge in [0.2, 0.25) is 0 Å². The van der Waals surface area contributed by atoms with E-state index in [2.05, 4.69) is 41.4 Å². The smallest absolute Gasteiger partial charge is 0.352 e. The zero-order chi connectivity index (χ0) is 24.1. The van der Waals surface area contributed by atoms with Gasteiger partial charge in [-0.3, -0.25) is 9.69 Å². The fourth-order valence-corrected chi connectivity index (χ4v) is 4.39. The van der Waals surface area contributed by atoms with Crippen LogP contribution in [0.3, 0.4) is 0 Å². The SMILES string of the molecule is CC(c1ccc(CCNC(=O)c2ccc(-c3ccc(C(F)(F)F)cc3)cc2)cc1)N1CCCC1. The van der Waals surface area contributed by atoms with Crippen LogP contribution in [-0.4, -0.2) is 30.4 Å². The summed E-state index contributed by atoms with van der Waals surface area (Å²) in [6, 6.07) is 20.9. The van der Waals surface area contributed by atoms with E-state index in [1.54, 1.807) is 24.3 Å². The van der Waals surface area contributed by atoms with E-state index in [0.717, 1.165) is 24.1 Å². The molecule has 178 valence electrons. The zero-order valence-corrected chi connectivity index (χ0v) is 19.2. The molecule has 1 N–H and O–H groups in total. The molecule has 3 aromatic rings. The van der Waals surface area contributed by atoms with Gasteiger partial charge in [-0.2, -0.15) is 13.2 Å². The molecule has 3 nitrogen and oxygen atoms in total. The van der Waals surface area contributed by atoms with E-state index < -0.39 is 11.7 Å². The van der Waals surface area contributed by atoms with E-state index in [9.17, 15) is 18.0 Å². The van der Waals surface area contributed by atoms with Crippen LogP contribution in [0.15, 0.2) is 72.8 Å². The molecule has 0 aliphatic carbocycles. The fourth-order valence-electron chi connectivity index (χ4n) is 4.39. The minimum Gasteiger partial charge on any atom is -0.352 e. The summed E-state index contributed by atoms with van der Waals surface area (Å²) in [6.45, 7) is 5.12. The summed E-state index contributed by atoms with van der Waals surface area (Å²) in [4.78, 5) is 15.0. The molecule has 3 aromatic carbocycles. The van der Waals surface area contributed by atoms with Gasteiger partial charge in [0.25, 0.3) is 5.91 Å². The molecule has 1 saturated heterocycles. The third kappa shape index (κ3) is 5.86. The van der Waals surface area contributed by atoms with Crippen LogP contribution in [-0.2, 0) is 12.6 Å². The molecule has 6 heteroatoms. The predicted molar refractivity (Wildman–Crippen MR) is 129 cm³/mol. The molecular weight excluding hydrogens is 437 g/mol. The lowest BCUT2D eigenvalue weighted by Crippen LogP contribution is -2.25. The van der Waals surface area contributed by atoms with Gasteiger partial charge >= 0.3 is 6.18 Å². The highest BCUT2D eigenvalue weighted by Gasteiger charge is 2.30. The third-order valence-electron chi connectivity index (χ3n) is 6.54. The Morgan fingerprint density at radius 3 is 2.00 bits per heavy atom. The van der Waals surface area contributed by atoms with Gasteiger partial charge in [-0.15, -0.1) is 0 Å². The van der Waals surface area contributed by atoms with Gasteiger partial charge in [0.1, 0.15) is 0 Å². The Morgan fingerprint density at radius 2 is 1.44 bits per heavy atom. The standard InChI is InChI=1S/C28H29F3N2O/c1-20(33-18-2-3-19-33)22-6-4-21(5-7-22)16-17-32-27(34)25-10-8-23(9-11-25)24-12-14-26(15-13-24)28(29,30)31/h4-15,20H,2-3,16-19H2,1H3,(H,32,34). The summed E-state index contributed by atoms with van der Waals surface area (Å²) >= 11 is 0. The summed E-state index contributed by atoms with van der Waals surface area (Å²) in [5.41, 5.74) is 3.77. The predicted octanol–water partition coefficient (Wildman–Crippen LogP) is 6.50. The number of carbonyl (C=O) groups is 1. The Bertz CT molecular complexity index is 1080. The number of alkyl halides is 3. The van der Waals surface area contributed by atoms with Crippen LogP contribution in [0.2, 0.25) is 0 Å². The first-order valence-corrected chi connectivity index (χ1v) is 11.7. The quantitative estimate of drug-likeness (QED) is 0.431. The maximum atomic E-state index is 12.7. The number of nitrogens with one attached hydrogen (secondary N) is 1. The van der Waals surface area contributed by atoms with Gasteiger partial charge < -0.3 is 5.32 Å². The number of rotatable bonds is 7. The topological polar surface area (TPSA) is 32.3 Å². The first-order chi connectivity index (χ1) is 16.3. The van der Waals surface area contributed by atoms with Crippen molar-refractivity contribution in [1.82, 2.24) is 10.2 Å². The molecule has 0 saturated carbocycles. The first kappa shape index (κ1) is 24.0. The first-order valence-electron chi connectivity index (χ1n) is 11.7. The van der Waals surface area contributed by atoms with Crippen LogP contribution in [0.5, 0.6) is 0 Å². The lowest BCUT2D eigenvalue weighted by atomic mass is 10.0. The van der Waals surface area contributed by atoms with Gasteiger partial charge in [-0.05, 0) is 85.8 Å². The second-order valence-electron chi connectivity index (χ2n) is 8.82. The van der Waals surface area contributed by atoms with E-state index >= 15 is 0 Å². The number of likely N-dealkylation sites (tertiary alicyclic amines) is 1. The van der Waals surface area contributed by atoms with E-state index in [1.165, 1.54) is 49.2 Å². The second-order valence-corrected chi connectivity index (χ2v) is 8.82. The highest BCUT2D eigenvalue weighted by molar-refractivity contribution is 5.94. The Balaban J connectivity index is 1.28. The van der Waals surface area contributed by atoms with Crippen molar-refractivity contribution in [2.75, 3.05) is 19.6 Å². The average molecular weight is 467 g/mol. The molecule has 1 heterocycles. The van der Waals surface area contributed by atoms with Gasteiger partial charge in [0.15, 0.2) is 0 Å². The third-order valence-corrected chi connectivity index (χ3v) is 6.54. The second kappa shape index (κ2) is 10.4. The van der Waals surface area contributed by atoms with Gasteiger partial charge in [0.05, 0.1) is 5.56 Å². The molecule has 34 heavy (non-hydrogen) atoms. The van der Waals surface area contributed by atoms with Crippen molar-refractivity contribution in [3.63, 3.8) is 0 Å². The normalized spacial score (nSPS) is 15.3. The van der Waals surface area contributed by atoms with Crippen molar-refractivity contribution in [2.45, 2.75) is 38.4 Å². The highest BCUT2D eigenvalue weighted by atomic mass is 19.4. The Kier molecular flexibility index (Phi) is 7.37. The van der Waals surface area contributed by atoms with Gasteiger partial charge in [-0.25, -0.2) is 0 Å². The van der Waals surface area contributed by atoms with Gasteiger partial charge in [-0.1, -0.05) is 48.5 Å². The summed E-state index contributed by atoms with van der Waals surface area (Å²) in [5, 5.41) is 2.94. The molecule has 1 aliphatic rings. The molecule has 1 atom stereocenters. The minimum absolute atomic E-state index is 0.168. The molecule has 1 amide bonds. The van der Waals surface area contributed by atoms with Crippen molar-refractivity contribution in [3.8, 4) is 11.1 Å². The minimum atomic E-state index is -4.35. The van der Waals surface area contributed by atoms with Crippen molar-refractivity contribution in [2.24, 2.45) is 0 Å². The van der Waals surface area contributed by atoms with E-state index in [4.69, 9.17) is 0 Å². The molecular formula is C28H29F3N2O. The van der Waals surface area contributed by atoms with Crippen molar-refractivity contribution >= 4 is 5.91 Å². The number of hydrogen-bond acceptors (Lipinski definition) is 2. The fraction of sp³-hybridized carbons (Fsp3) is 0.321. The Hall–Kier alpha value is -3.12. The average Bonchev–Trinajstić information content (AvgIpc) is 3.39. The molecule has 0 aromatic heterocycles. The lowest BCUT2D eigenvalue weighted by Gasteiger charge is -2.24. The number of nitrogens with zero attached hydrogens (tertiary/aromatic N) is 1. The Labute approximate surface area is 198 Å². The lowest BCUT2D eigenvalue weighted by molar-refractivity contribution is -0.137. The molecule has 0 radical (unpaired) electrons. The Morgan fingerprint density at radius 1 is 0.882 bits per heavy atom. The van der Waals surface area contributed by atoms with E-state index in [1.807, 2.05) is 0 Å². The van der Waals surface area contributed by atoms with Crippen molar-refractivity contribution in [1.29, 1.82) is 0 Å². The number of hydrogen-bond donors (Lipinski definition) is 1. The van der Waals surface area contributed by atoms with Crippen molar-refractivity contribution in [3.05, 3.63) is 95.1 Å². The zero-order valence-electron chi connectivity index (χ0n) is 19.2. The van der Waals surface area contributed by atoms with Crippen LogP contribution < -0.4 is 5.32 Å². The molecule has 1 fully saturated rings. The number of benzene rings is 3. The maximum Gasteiger partial charge on any atom is 0.416 e. The largest absolute Gasteiger partial charge is 0.416 e. The number of carbonyl (C=O) groups excluding carboxylic acids is 1. The van der Waals surface area contributed by atoms with Crippen LogP contribution in [0.25, 0.3) is 11.1 Å². The summed E-state index contributed by atoms with van der Waals surface area (Å²) < 4.78 is 38.2. The number of amides is 1. The number of halogens is 3. The van der Waals surface area contributed by atoms with Crippen molar-refractivity contribution < 1.29 is 18.0 Å². The molecule has 0 bridgehead atoms. The maximum absolute atomic E-state index is 12.7. The molecule has 4 rings (SSSR count).